The minimum absolute atomic E-state index is 0. The Hall–Kier alpha value is 0.820. The standard InChI is InChI=1S/C8H16N2O5.2Na/c9-1-2-10(5-7(11)12)3-4-15-6-8(13)14;;/h1-6,9H2,(H,11,12)(H,13,14);;. The van der Waals surface area contributed by atoms with Crippen molar-refractivity contribution < 1.29 is 24.5 Å². The predicted octanol–water partition coefficient (Wildman–Crippen LogP) is -2.33. The van der Waals surface area contributed by atoms with Crippen LogP contribution in [0.1, 0.15) is 0 Å². The van der Waals surface area contributed by atoms with Gasteiger partial charge in [-0.1, -0.05) is 0 Å². The summed E-state index contributed by atoms with van der Waals surface area (Å²) in [5.41, 5.74) is 5.29. The van der Waals surface area contributed by atoms with Crippen LogP contribution in [-0.2, 0) is 14.3 Å². The summed E-state index contributed by atoms with van der Waals surface area (Å²) in [7, 11) is 0. The summed E-state index contributed by atoms with van der Waals surface area (Å²) in [6.45, 7) is 0.850. The van der Waals surface area contributed by atoms with Crippen LogP contribution in [0.4, 0.5) is 0 Å². The van der Waals surface area contributed by atoms with Crippen LogP contribution >= 0.6 is 0 Å². The van der Waals surface area contributed by atoms with Gasteiger partial charge in [-0.3, -0.25) is 9.69 Å². The van der Waals surface area contributed by atoms with E-state index >= 15 is 0 Å². The summed E-state index contributed by atoms with van der Waals surface area (Å²) >= 11 is 0. The molecule has 0 rings (SSSR count). The van der Waals surface area contributed by atoms with Crippen molar-refractivity contribution in [2.45, 2.75) is 0 Å². The first kappa shape index (κ1) is 23.0. The Morgan fingerprint density at radius 3 is 2.12 bits per heavy atom. The van der Waals surface area contributed by atoms with Crippen molar-refractivity contribution in [1.82, 2.24) is 4.90 Å². The molecule has 0 saturated carbocycles. The van der Waals surface area contributed by atoms with Gasteiger partial charge in [-0.05, 0) is 0 Å². The summed E-state index contributed by atoms with van der Waals surface area (Å²) < 4.78 is 4.78. The van der Waals surface area contributed by atoms with Crippen LogP contribution in [0.25, 0.3) is 0 Å². The molecule has 7 nitrogen and oxygen atoms in total. The summed E-state index contributed by atoms with van der Waals surface area (Å²) in [6.07, 6.45) is 0. The fourth-order valence-electron chi connectivity index (χ4n) is 0.997. The van der Waals surface area contributed by atoms with Crippen LogP contribution in [0.3, 0.4) is 0 Å². The number of ether oxygens (including phenoxy) is 1. The van der Waals surface area contributed by atoms with E-state index in [-0.39, 0.29) is 78.9 Å². The number of hydrogen-bond donors (Lipinski definition) is 3. The molecule has 0 saturated heterocycles. The van der Waals surface area contributed by atoms with E-state index in [4.69, 9.17) is 20.7 Å². The van der Waals surface area contributed by atoms with Crippen LogP contribution in [0.15, 0.2) is 0 Å². The molecule has 0 aromatic heterocycles. The third-order valence-corrected chi connectivity index (χ3v) is 1.58. The van der Waals surface area contributed by atoms with E-state index in [1.807, 2.05) is 0 Å². The van der Waals surface area contributed by atoms with Crippen molar-refractivity contribution in [1.29, 1.82) is 0 Å². The maximum Gasteiger partial charge on any atom is 0.329 e. The van der Waals surface area contributed by atoms with Crippen LogP contribution in [0.5, 0.6) is 0 Å². The summed E-state index contributed by atoms with van der Waals surface area (Å²) in [6, 6.07) is 0. The summed E-state index contributed by atoms with van der Waals surface area (Å²) in [5.74, 6) is -1.99. The Morgan fingerprint density at radius 1 is 1.12 bits per heavy atom. The molecule has 0 unspecified atom stereocenters. The van der Waals surface area contributed by atoms with Gasteiger partial charge >= 0.3 is 11.9 Å². The Bertz CT molecular complexity index is 218. The van der Waals surface area contributed by atoms with E-state index in [2.05, 4.69) is 0 Å². The quantitative estimate of drug-likeness (QED) is 0.317. The second-order valence-electron chi connectivity index (χ2n) is 2.90. The topological polar surface area (TPSA) is 113 Å². The van der Waals surface area contributed by atoms with E-state index in [1.54, 1.807) is 4.90 Å². The summed E-state index contributed by atoms with van der Waals surface area (Å²) in [4.78, 5) is 22.1. The van der Waals surface area contributed by atoms with E-state index in [0.717, 1.165) is 0 Å². The van der Waals surface area contributed by atoms with Gasteiger partial charge < -0.3 is 20.7 Å². The van der Waals surface area contributed by atoms with Crippen LogP contribution < -0.4 is 5.73 Å². The van der Waals surface area contributed by atoms with E-state index in [1.165, 1.54) is 0 Å². The average Bonchev–Trinajstić information content (AvgIpc) is 2.11. The second kappa shape index (κ2) is 14.9. The van der Waals surface area contributed by atoms with Crippen molar-refractivity contribution in [2.24, 2.45) is 5.73 Å². The fourth-order valence-corrected chi connectivity index (χ4v) is 0.997. The van der Waals surface area contributed by atoms with Crippen molar-refractivity contribution >= 4 is 71.1 Å². The maximum atomic E-state index is 10.4. The van der Waals surface area contributed by atoms with Gasteiger partial charge in [0.15, 0.2) is 0 Å². The van der Waals surface area contributed by atoms with Gasteiger partial charge in [-0.15, -0.1) is 0 Å². The van der Waals surface area contributed by atoms with Gasteiger partial charge in [0.1, 0.15) is 6.61 Å². The molecule has 9 heteroatoms. The number of nitrogens with zero attached hydrogens (tertiary/aromatic N) is 1. The van der Waals surface area contributed by atoms with Gasteiger partial charge in [0.05, 0.1) is 13.2 Å². The molecule has 2 radical (unpaired) electrons. The number of nitrogens with two attached hydrogens (primary N) is 1. The molecule has 17 heavy (non-hydrogen) atoms. The Labute approximate surface area is 144 Å². The summed E-state index contributed by atoms with van der Waals surface area (Å²) in [5, 5.41) is 16.8. The van der Waals surface area contributed by atoms with Crippen LogP contribution in [-0.4, -0.2) is 126 Å². The molecule has 0 amide bonds. The van der Waals surface area contributed by atoms with Gasteiger partial charge in [0.25, 0.3) is 0 Å². The van der Waals surface area contributed by atoms with Crippen molar-refractivity contribution in [3.8, 4) is 0 Å². The normalized spacial score (nSPS) is 9.29. The van der Waals surface area contributed by atoms with E-state index in [9.17, 15) is 9.59 Å². The number of carboxylic acids is 2. The molecule has 4 N–H and O–H groups in total. The molecular formula is C8H16N2Na2O5. The number of aliphatic carboxylic acids is 2. The smallest absolute Gasteiger partial charge is 0.329 e. The molecule has 0 bridgehead atoms. The van der Waals surface area contributed by atoms with Gasteiger partial charge in [0, 0.05) is 78.7 Å². The number of rotatable bonds is 9. The number of hydrogen-bond acceptors (Lipinski definition) is 5. The zero-order chi connectivity index (χ0) is 11.7. The van der Waals surface area contributed by atoms with E-state index < -0.39 is 11.9 Å². The molecule has 0 spiro atoms. The molecular weight excluding hydrogens is 250 g/mol. The number of carboxylic acid groups (broad SMARTS) is 2. The third-order valence-electron chi connectivity index (χ3n) is 1.58. The molecule has 0 aliphatic rings. The maximum absolute atomic E-state index is 10.4. The van der Waals surface area contributed by atoms with Gasteiger partial charge in [0.2, 0.25) is 0 Å². The van der Waals surface area contributed by atoms with Crippen molar-refractivity contribution in [2.75, 3.05) is 39.4 Å². The first-order valence-electron chi connectivity index (χ1n) is 4.50. The van der Waals surface area contributed by atoms with Crippen LogP contribution in [0, 0.1) is 0 Å². The largest absolute Gasteiger partial charge is 0.480 e. The van der Waals surface area contributed by atoms with Crippen LogP contribution in [0.2, 0.25) is 0 Å². The monoisotopic (exact) mass is 266 g/mol. The molecule has 0 aromatic rings. The molecule has 0 aliphatic heterocycles. The molecule has 0 aliphatic carbocycles. The number of carbonyl (C=O) groups is 2. The molecule has 0 aromatic carbocycles. The molecule has 0 atom stereocenters. The molecule has 90 valence electrons. The fraction of sp³-hybridized carbons (Fsp3) is 0.750. The molecule has 0 heterocycles. The Balaban J connectivity index is -0.000000980. The second-order valence-corrected chi connectivity index (χ2v) is 2.90. The Morgan fingerprint density at radius 2 is 1.71 bits per heavy atom. The third kappa shape index (κ3) is 16.8. The molecule has 0 fully saturated rings. The SMILES string of the molecule is NCCN(CCOCC(=O)O)CC(=O)O.[Na].[Na]. The zero-order valence-electron chi connectivity index (χ0n) is 10.4. The average molecular weight is 266 g/mol. The minimum atomic E-state index is -1.04. The first-order valence-corrected chi connectivity index (χ1v) is 4.50. The van der Waals surface area contributed by atoms with Gasteiger partial charge in [-0.2, -0.15) is 0 Å². The Kier molecular flexibility index (Phi) is 20.1. The van der Waals surface area contributed by atoms with Crippen molar-refractivity contribution in [3.05, 3.63) is 0 Å². The van der Waals surface area contributed by atoms with Gasteiger partial charge in [-0.25, -0.2) is 4.79 Å². The zero-order valence-corrected chi connectivity index (χ0v) is 14.4. The van der Waals surface area contributed by atoms with E-state index in [0.29, 0.717) is 19.6 Å². The minimum Gasteiger partial charge on any atom is -0.480 e. The first-order chi connectivity index (χ1) is 7.06. The predicted molar refractivity (Wildman–Crippen MR) is 63.1 cm³/mol. The van der Waals surface area contributed by atoms with Crippen molar-refractivity contribution in [3.63, 3.8) is 0 Å².